The van der Waals surface area contributed by atoms with Crippen molar-refractivity contribution < 1.29 is 5.11 Å². The third-order valence-corrected chi connectivity index (χ3v) is 4.25. The fraction of sp³-hybridized carbons (Fsp3) is 0.455. The van der Waals surface area contributed by atoms with E-state index in [1.54, 1.807) is 0 Å². The maximum absolute atomic E-state index is 10.4. The highest BCUT2D eigenvalue weighted by Gasteiger charge is 2.37. The lowest BCUT2D eigenvalue weighted by Crippen LogP contribution is -2.25. The van der Waals surface area contributed by atoms with E-state index in [1.807, 2.05) is 36.0 Å². The Balaban J connectivity index is 2.26. The molecule has 76 valence electrons. The van der Waals surface area contributed by atoms with Crippen molar-refractivity contribution in [3.63, 3.8) is 0 Å². The van der Waals surface area contributed by atoms with E-state index >= 15 is 0 Å². The number of aliphatic hydroxyl groups is 1. The third kappa shape index (κ3) is 1.92. The van der Waals surface area contributed by atoms with E-state index in [9.17, 15) is 5.11 Å². The van der Waals surface area contributed by atoms with Crippen LogP contribution in [0.4, 0.5) is 0 Å². The first kappa shape index (κ1) is 10.3. The Morgan fingerprint density at radius 2 is 2.07 bits per heavy atom. The second kappa shape index (κ2) is 3.76. The van der Waals surface area contributed by atoms with Gasteiger partial charge in [-0.3, -0.25) is 0 Å². The topological polar surface area (TPSA) is 20.2 Å². The molecule has 0 saturated carbocycles. The molecule has 1 aliphatic rings. The van der Waals surface area contributed by atoms with E-state index in [0.717, 1.165) is 22.8 Å². The Kier molecular flexibility index (Phi) is 2.78. The van der Waals surface area contributed by atoms with Crippen molar-refractivity contribution in [1.82, 2.24) is 0 Å². The maximum Gasteiger partial charge on any atom is 0.0997 e. The van der Waals surface area contributed by atoms with Crippen molar-refractivity contribution in [1.29, 1.82) is 0 Å². The summed E-state index contributed by atoms with van der Waals surface area (Å²) in [7, 11) is 0. The molecular weight excluding hydrogens is 216 g/mol. The summed E-state index contributed by atoms with van der Waals surface area (Å²) in [6.07, 6.45) is 0.833. The second-order valence-corrected chi connectivity index (χ2v) is 5.73. The first-order valence-corrected chi connectivity index (χ1v) is 6.13. The molecule has 3 heteroatoms. The molecule has 1 N–H and O–H groups in total. The highest BCUT2D eigenvalue weighted by molar-refractivity contribution is 8.00. The quantitative estimate of drug-likeness (QED) is 0.798. The first-order valence-electron chi connectivity index (χ1n) is 4.70. The average Bonchev–Trinajstić information content (AvgIpc) is 2.48. The summed E-state index contributed by atoms with van der Waals surface area (Å²) in [6, 6.07) is 7.51. The lowest BCUT2D eigenvalue weighted by Gasteiger charge is -2.22. The van der Waals surface area contributed by atoms with Gasteiger partial charge in [-0.2, -0.15) is 11.8 Å². The van der Waals surface area contributed by atoms with Gasteiger partial charge < -0.3 is 5.11 Å². The monoisotopic (exact) mass is 228 g/mol. The van der Waals surface area contributed by atoms with Crippen LogP contribution in [0.1, 0.15) is 18.9 Å². The van der Waals surface area contributed by atoms with Gasteiger partial charge in [-0.1, -0.05) is 30.7 Å². The zero-order valence-electron chi connectivity index (χ0n) is 8.03. The number of halogens is 1. The standard InChI is InChI=1S/C11H13ClOS/c1-8-6-11(13,7-14-8)9-2-4-10(12)5-3-9/h2-5,8,13H,6-7H2,1H3. The minimum atomic E-state index is -0.644. The molecule has 1 heterocycles. The predicted octanol–water partition coefficient (Wildman–Crippen LogP) is 3.05. The fourth-order valence-corrected chi connectivity index (χ4v) is 3.20. The highest BCUT2D eigenvalue weighted by atomic mass is 35.5. The van der Waals surface area contributed by atoms with Crippen molar-refractivity contribution in [2.45, 2.75) is 24.2 Å². The van der Waals surface area contributed by atoms with Crippen molar-refractivity contribution in [2.75, 3.05) is 5.75 Å². The zero-order valence-corrected chi connectivity index (χ0v) is 9.61. The van der Waals surface area contributed by atoms with Gasteiger partial charge >= 0.3 is 0 Å². The second-order valence-electron chi connectivity index (χ2n) is 3.86. The summed E-state index contributed by atoms with van der Waals surface area (Å²) >= 11 is 7.63. The summed E-state index contributed by atoms with van der Waals surface area (Å²) in [5.74, 6) is 0.787. The van der Waals surface area contributed by atoms with Gasteiger partial charge in [0.2, 0.25) is 0 Å². The summed E-state index contributed by atoms with van der Waals surface area (Å²) in [5.41, 5.74) is 0.341. The highest BCUT2D eigenvalue weighted by Crippen LogP contribution is 2.41. The molecule has 2 atom stereocenters. The smallest absolute Gasteiger partial charge is 0.0997 e. The van der Waals surface area contributed by atoms with Crippen molar-refractivity contribution in [2.24, 2.45) is 0 Å². The molecule has 0 amide bonds. The zero-order chi connectivity index (χ0) is 10.2. The molecule has 0 bridgehead atoms. The van der Waals surface area contributed by atoms with Crippen LogP contribution in [0.2, 0.25) is 5.02 Å². The van der Waals surface area contributed by atoms with Crippen LogP contribution in [0.15, 0.2) is 24.3 Å². The number of rotatable bonds is 1. The Morgan fingerprint density at radius 1 is 1.43 bits per heavy atom. The Morgan fingerprint density at radius 3 is 2.57 bits per heavy atom. The van der Waals surface area contributed by atoms with Crippen molar-refractivity contribution in [3.8, 4) is 0 Å². The fourth-order valence-electron chi connectivity index (χ4n) is 1.83. The molecule has 0 spiro atoms. The van der Waals surface area contributed by atoms with Crippen LogP contribution in [0.3, 0.4) is 0 Å². The largest absolute Gasteiger partial charge is 0.384 e. The van der Waals surface area contributed by atoms with Gasteiger partial charge in [0.25, 0.3) is 0 Å². The lowest BCUT2D eigenvalue weighted by atomic mass is 9.92. The molecule has 0 aliphatic carbocycles. The van der Waals surface area contributed by atoms with Gasteiger partial charge in [0.15, 0.2) is 0 Å². The van der Waals surface area contributed by atoms with Crippen molar-refractivity contribution in [3.05, 3.63) is 34.9 Å². The van der Waals surface area contributed by atoms with Crippen LogP contribution >= 0.6 is 23.4 Å². The van der Waals surface area contributed by atoms with Gasteiger partial charge in [0, 0.05) is 16.0 Å². The first-order chi connectivity index (χ1) is 6.60. The van der Waals surface area contributed by atoms with Crippen molar-refractivity contribution >= 4 is 23.4 Å². The van der Waals surface area contributed by atoms with Gasteiger partial charge in [0.05, 0.1) is 5.60 Å². The SMILES string of the molecule is CC1CC(O)(c2ccc(Cl)cc2)CS1. The third-order valence-electron chi connectivity index (χ3n) is 2.61. The van der Waals surface area contributed by atoms with Gasteiger partial charge in [0.1, 0.15) is 0 Å². The van der Waals surface area contributed by atoms with Crippen LogP contribution in [-0.4, -0.2) is 16.1 Å². The molecule has 1 aliphatic heterocycles. The number of benzene rings is 1. The molecule has 0 aromatic heterocycles. The molecule has 2 unspecified atom stereocenters. The maximum atomic E-state index is 10.4. The molecule has 0 radical (unpaired) electrons. The number of hydrogen-bond donors (Lipinski definition) is 1. The Hall–Kier alpha value is -0.180. The van der Waals surface area contributed by atoms with Gasteiger partial charge in [-0.25, -0.2) is 0 Å². The van der Waals surface area contributed by atoms with Crippen LogP contribution in [0.25, 0.3) is 0 Å². The number of thioether (sulfide) groups is 1. The molecule has 2 rings (SSSR count). The molecule has 14 heavy (non-hydrogen) atoms. The van der Waals surface area contributed by atoms with Gasteiger partial charge in [-0.15, -0.1) is 0 Å². The number of hydrogen-bond acceptors (Lipinski definition) is 2. The summed E-state index contributed by atoms with van der Waals surface area (Å²) in [6.45, 7) is 2.15. The normalized spacial score (nSPS) is 32.1. The van der Waals surface area contributed by atoms with E-state index in [4.69, 9.17) is 11.6 Å². The molecule has 1 fully saturated rings. The van der Waals surface area contributed by atoms with E-state index in [0.29, 0.717) is 5.25 Å². The molecular formula is C11H13ClOS. The molecule has 1 aromatic carbocycles. The van der Waals surface area contributed by atoms with Crippen LogP contribution in [0, 0.1) is 0 Å². The minimum absolute atomic E-state index is 0.538. The molecule has 1 aromatic rings. The summed E-state index contributed by atoms with van der Waals surface area (Å²) in [4.78, 5) is 0. The predicted molar refractivity (Wildman–Crippen MR) is 61.9 cm³/mol. The Bertz CT molecular complexity index is 325. The average molecular weight is 229 g/mol. The molecule has 1 nitrogen and oxygen atoms in total. The van der Waals surface area contributed by atoms with Crippen LogP contribution in [-0.2, 0) is 5.60 Å². The summed E-state index contributed by atoms with van der Waals surface area (Å²) in [5, 5.41) is 11.6. The van der Waals surface area contributed by atoms with Gasteiger partial charge in [-0.05, 0) is 24.1 Å². The minimum Gasteiger partial charge on any atom is -0.384 e. The van der Waals surface area contributed by atoms with E-state index in [-0.39, 0.29) is 0 Å². The lowest BCUT2D eigenvalue weighted by molar-refractivity contribution is 0.0612. The van der Waals surface area contributed by atoms with Crippen LogP contribution < -0.4 is 0 Å². The van der Waals surface area contributed by atoms with E-state index < -0.39 is 5.60 Å². The Labute approximate surface area is 93.5 Å². The van der Waals surface area contributed by atoms with E-state index in [2.05, 4.69) is 6.92 Å². The van der Waals surface area contributed by atoms with E-state index in [1.165, 1.54) is 0 Å². The summed E-state index contributed by atoms with van der Waals surface area (Å²) < 4.78 is 0. The van der Waals surface area contributed by atoms with Crippen LogP contribution in [0.5, 0.6) is 0 Å². The molecule has 1 saturated heterocycles.